The summed E-state index contributed by atoms with van der Waals surface area (Å²) in [5, 5.41) is 12.0. The molecular formula is C40H44F2I2N12O2. The van der Waals surface area contributed by atoms with Gasteiger partial charge in [-0.15, -0.1) is 0 Å². The molecule has 4 N–H and O–H groups in total. The van der Waals surface area contributed by atoms with Crippen LogP contribution < -0.4 is 21.3 Å². The first-order chi connectivity index (χ1) is 28.1. The van der Waals surface area contributed by atoms with E-state index in [4.69, 9.17) is 0 Å². The van der Waals surface area contributed by atoms with Gasteiger partial charge in [-0.05, 0) is 119 Å². The molecule has 14 nitrogen and oxygen atoms in total. The zero-order valence-corrected chi connectivity index (χ0v) is 36.4. The van der Waals surface area contributed by atoms with Crippen molar-refractivity contribution in [1.29, 1.82) is 0 Å². The van der Waals surface area contributed by atoms with Crippen LogP contribution in [0.4, 0.5) is 20.4 Å². The number of carbonyl (C=O) groups is 2. The second-order valence-electron chi connectivity index (χ2n) is 12.7. The monoisotopic (exact) mass is 1010 g/mol. The number of rotatable bonds is 18. The van der Waals surface area contributed by atoms with Crippen molar-refractivity contribution in [3.05, 3.63) is 116 Å². The first kappa shape index (κ1) is 44.3. The van der Waals surface area contributed by atoms with Crippen molar-refractivity contribution in [3.63, 3.8) is 0 Å². The van der Waals surface area contributed by atoms with Gasteiger partial charge < -0.3 is 31.1 Å². The van der Waals surface area contributed by atoms with Crippen LogP contribution >= 0.6 is 45.2 Å². The highest BCUT2D eigenvalue weighted by Crippen LogP contribution is 2.15. The molecule has 0 atom stereocenters. The topological polar surface area (TPSA) is 166 Å². The normalized spacial score (nSPS) is 11.0. The third-order valence-electron chi connectivity index (χ3n) is 8.69. The minimum absolute atomic E-state index is 0.240. The SMILES string of the molecule is CCN(CCNC(=O)c1cnc2cc(I)ccc2n1)CCNc1cccc(F)n1.CCN(CCNC(=O)c1cnc2cc([125I])ccc2n1)CCNc1cccc(F)n1. The standard InChI is InChI=1S/2C20H22FIN6O/c2*1-2-28(10-8-23-19-5-3-4-18(21)27-19)11-9-24-20(29)17-13-25-16-12-14(22)6-7-15(16)26-17/h2*3-7,12-13H,2,8-11H2,1H3,(H,23,27)(H,24,29)/i22-2;. The average Bonchev–Trinajstić information content (AvgIpc) is 3.22. The lowest BCUT2D eigenvalue weighted by molar-refractivity contribution is 0.0936. The molecule has 4 aromatic heterocycles. The van der Waals surface area contributed by atoms with E-state index in [0.29, 0.717) is 73.3 Å². The fourth-order valence-corrected chi connectivity index (χ4v) is 6.53. The van der Waals surface area contributed by atoms with Gasteiger partial charge in [-0.1, -0.05) is 26.0 Å². The van der Waals surface area contributed by atoms with Crippen LogP contribution in [0.15, 0.2) is 85.2 Å². The number of hydrogen-bond donors (Lipinski definition) is 4. The maximum absolute atomic E-state index is 13.1. The Morgan fingerprint density at radius 2 is 1.09 bits per heavy atom. The first-order valence-corrected chi connectivity index (χ1v) is 20.8. The predicted octanol–water partition coefficient (Wildman–Crippen LogP) is 5.86. The van der Waals surface area contributed by atoms with Crippen LogP contribution in [0.5, 0.6) is 0 Å². The average molecular weight is 1010 g/mol. The maximum atomic E-state index is 13.1. The summed E-state index contributed by atoms with van der Waals surface area (Å²) in [6.07, 6.45) is 3.00. The number of benzene rings is 2. The summed E-state index contributed by atoms with van der Waals surface area (Å²) in [5.74, 6) is -0.460. The third kappa shape index (κ3) is 14.2. The number of nitrogens with one attached hydrogen (secondary N) is 4. The molecule has 0 saturated carbocycles. The van der Waals surface area contributed by atoms with E-state index in [2.05, 4.69) is 120 Å². The van der Waals surface area contributed by atoms with Gasteiger partial charge in [0.15, 0.2) is 0 Å². The van der Waals surface area contributed by atoms with Crippen LogP contribution in [0, 0.1) is 19.0 Å². The number of carbonyl (C=O) groups excluding carboxylic acids is 2. The first-order valence-electron chi connectivity index (χ1n) is 18.7. The van der Waals surface area contributed by atoms with E-state index >= 15 is 0 Å². The molecule has 18 heteroatoms. The van der Waals surface area contributed by atoms with E-state index in [-0.39, 0.29) is 11.8 Å². The van der Waals surface area contributed by atoms with E-state index in [9.17, 15) is 18.4 Å². The number of nitrogens with zero attached hydrogens (tertiary/aromatic N) is 8. The molecule has 0 aliphatic heterocycles. The van der Waals surface area contributed by atoms with Crippen molar-refractivity contribution in [2.45, 2.75) is 13.8 Å². The molecule has 0 radical (unpaired) electrons. The van der Waals surface area contributed by atoms with Crippen LogP contribution in [0.25, 0.3) is 22.1 Å². The Labute approximate surface area is 362 Å². The lowest BCUT2D eigenvalue weighted by Crippen LogP contribution is -2.37. The van der Waals surface area contributed by atoms with Crippen molar-refractivity contribution in [1.82, 2.24) is 50.3 Å². The number of amides is 2. The molecule has 2 amide bonds. The van der Waals surface area contributed by atoms with E-state index in [1.165, 1.54) is 24.5 Å². The van der Waals surface area contributed by atoms with Gasteiger partial charge in [0.25, 0.3) is 11.8 Å². The van der Waals surface area contributed by atoms with E-state index in [0.717, 1.165) is 44.4 Å². The number of likely N-dealkylation sites (N-methyl/N-ethyl adjacent to an activating group) is 2. The lowest BCUT2D eigenvalue weighted by Gasteiger charge is -2.20. The Kier molecular flexibility index (Phi) is 17.5. The van der Waals surface area contributed by atoms with Gasteiger partial charge in [0.05, 0.1) is 34.5 Å². The number of halogens is 4. The largest absolute Gasteiger partial charge is 0.369 e. The Morgan fingerprint density at radius 3 is 1.57 bits per heavy atom. The molecule has 58 heavy (non-hydrogen) atoms. The van der Waals surface area contributed by atoms with Crippen LogP contribution in [0.3, 0.4) is 0 Å². The minimum atomic E-state index is -0.503. The van der Waals surface area contributed by atoms with Gasteiger partial charge in [0, 0.05) is 59.5 Å². The third-order valence-corrected chi connectivity index (χ3v) is 10.0. The summed E-state index contributed by atoms with van der Waals surface area (Å²) < 4.78 is 28.3. The van der Waals surface area contributed by atoms with Gasteiger partial charge in [-0.3, -0.25) is 19.6 Å². The highest BCUT2D eigenvalue weighted by molar-refractivity contribution is 14.1. The second kappa shape index (κ2) is 23.0. The van der Waals surface area contributed by atoms with Gasteiger partial charge >= 0.3 is 0 Å². The number of aromatic nitrogens is 6. The van der Waals surface area contributed by atoms with Crippen LogP contribution in [0.2, 0.25) is 0 Å². The van der Waals surface area contributed by atoms with Gasteiger partial charge in [-0.25, -0.2) is 19.9 Å². The highest BCUT2D eigenvalue weighted by atomic mass is 127. The molecule has 0 fully saturated rings. The molecule has 0 saturated heterocycles. The highest BCUT2D eigenvalue weighted by Gasteiger charge is 2.12. The van der Waals surface area contributed by atoms with Gasteiger partial charge in [0.2, 0.25) is 11.9 Å². The Morgan fingerprint density at radius 1 is 0.621 bits per heavy atom. The van der Waals surface area contributed by atoms with E-state index in [1.54, 1.807) is 24.3 Å². The molecule has 0 aliphatic rings. The Hall–Kier alpha value is -4.80. The van der Waals surface area contributed by atoms with Crippen LogP contribution in [-0.2, 0) is 0 Å². The zero-order chi connectivity index (χ0) is 41.3. The van der Waals surface area contributed by atoms with E-state index in [1.807, 2.05) is 36.4 Å². The van der Waals surface area contributed by atoms with Crippen molar-refractivity contribution in [3.8, 4) is 0 Å². The Balaban J connectivity index is 0.000000221. The molecule has 2 aromatic carbocycles. The predicted molar refractivity (Wildman–Crippen MR) is 239 cm³/mol. The molecule has 4 heterocycles. The molecular weight excluding hydrogens is 970 g/mol. The number of hydrogen-bond acceptors (Lipinski definition) is 12. The molecule has 0 aliphatic carbocycles. The fourth-order valence-electron chi connectivity index (χ4n) is 5.58. The zero-order valence-electron chi connectivity index (χ0n) is 32.1. The summed E-state index contributed by atoms with van der Waals surface area (Å²) in [5.41, 5.74) is 3.55. The molecule has 6 rings (SSSR count). The summed E-state index contributed by atoms with van der Waals surface area (Å²) in [7, 11) is 0. The maximum Gasteiger partial charge on any atom is 0.271 e. The summed E-state index contributed by atoms with van der Waals surface area (Å²) in [6.45, 7) is 10.9. The van der Waals surface area contributed by atoms with Crippen LogP contribution in [-0.4, -0.2) is 117 Å². The smallest absolute Gasteiger partial charge is 0.271 e. The lowest BCUT2D eigenvalue weighted by atomic mass is 10.3. The summed E-state index contributed by atoms with van der Waals surface area (Å²) in [6, 6.07) is 20.8. The van der Waals surface area contributed by atoms with Crippen LogP contribution in [0.1, 0.15) is 34.8 Å². The van der Waals surface area contributed by atoms with Crippen molar-refractivity contribution < 1.29 is 18.4 Å². The van der Waals surface area contributed by atoms with Crippen molar-refractivity contribution >= 4 is 90.7 Å². The Bertz CT molecular complexity index is 2130. The van der Waals surface area contributed by atoms with Crippen molar-refractivity contribution in [2.24, 2.45) is 0 Å². The molecule has 0 bridgehead atoms. The molecule has 304 valence electrons. The second-order valence-corrected chi connectivity index (χ2v) is 15.2. The quantitative estimate of drug-likeness (QED) is 0.0600. The van der Waals surface area contributed by atoms with Gasteiger partial charge in [0.1, 0.15) is 23.0 Å². The summed E-state index contributed by atoms with van der Waals surface area (Å²) in [4.78, 5) is 54.1. The molecule has 0 unspecified atom stereocenters. The number of fused-ring (bicyclic) bond motifs is 2. The molecule has 0 spiro atoms. The fraction of sp³-hybridized carbons (Fsp3) is 0.300. The minimum Gasteiger partial charge on any atom is -0.369 e. The summed E-state index contributed by atoms with van der Waals surface area (Å²) >= 11 is 4.43. The van der Waals surface area contributed by atoms with Gasteiger partial charge in [-0.2, -0.15) is 8.78 Å². The number of anilines is 2. The van der Waals surface area contributed by atoms with Crippen molar-refractivity contribution in [2.75, 3.05) is 76.1 Å². The van der Waals surface area contributed by atoms with E-state index < -0.39 is 11.9 Å². The number of pyridine rings is 2. The molecule has 6 aromatic rings.